The summed E-state index contributed by atoms with van der Waals surface area (Å²) in [7, 11) is 0. The van der Waals surface area contributed by atoms with Gasteiger partial charge in [0.2, 0.25) is 0 Å². The van der Waals surface area contributed by atoms with Gasteiger partial charge in [-0.1, -0.05) is 33.8 Å². The van der Waals surface area contributed by atoms with E-state index in [4.69, 9.17) is 5.10 Å². The Hall–Kier alpha value is -2.73. The minimum atomic E-state index is -1.14. The van der Waals surface area contributed by atoms with Crippen LogP contribution in [0.4, 0.5) is 5.69 Å². The Kier molecular flexibility index (Phi) is 6.08. The number of hydrogen-bond donors (Lipinski definition) is 2. The van der Waals surface area contributed by atoms with E-state index in [0.717, 1.165) is 35.4 Å². The van der Waals surface area contributed by atoms with Crippen LogP contribution in [0.15, 0.2) is 36.5 Å². The topological polar surface area (TPSA) is 80.0 Å². The zero-order chi connectivity index (χ0) is 24.0. The van der Waals surface area contributed by atoms with Gasteiger partial charge in [0, 0.05) is 33.9 Å². The summed E-state index contributed by atoms with van der Waals surface area (Å²) in [5, 5.41) is 19.6. The molecule has 2 aromatic heterocycles. The number of nitrogens with one attached hydrogen (secondary N) is 1. The van der Waals surface area contributed by atoms with Crippen molar-refractivity contribution in [2.75, 3.05) is 5.32 Å². The number of hydrogen-bond acceptors (Lipinski definition) is 4. The van der Waals surface area contributed by atoms with E-state index in [1.165, 1.54) is 12.8 Å². The summed E-state index contributed by atoms with van der Waals surface area (Å²) in [5.74, 6) is 0.486. The van der Waals surface area contributed by atoms with Gasteiger partial charge in [0.05, 0.1) is 17.2 Å². The lowest BCUT2D eigenvalue weighted by molar-refractivity contribution is 0.0793. The van der Waals surface area contributed by atoms with Crippen LogP contribution in [0.5, 0.6) is 0 Å². The largest absolute Gasteiger partial charge is 0.386 e. The zero-order valence-electron chi connectivity index (χ0n) is 20.6. The third kappa shape index (κ3) is 5.11. The first kappa shape index (κ1) is 23.4. The van der Waals surface area contributed by atoms with Crippen LogP contribution in [0.25, 0.3) is 10.9 Å². The van der Waals surface area contributed by atoms with Crippen LogP contribution in [0.3, 0.4) is 0 Å². The lowest BCUT2D eigenvalue weighted by atomic mass is 9.87. The molecule has 1 aliphatic rings. The first-order valence-corrected chi connectivity index (χ1v) is 12.0. The molecule has 1 aromatic carbocycles. The molecule has 0 spiro atoms. The Bertz CT molecular complexity index is 1160. The number of amides is 1. The molecular weight excluding hydrogens is 412 g/mol. The van der Waals surface area contributed by atoms with Gasteiger partial charge in [0.15, 0.2) is 0 Å². The van der Waals surface area contributed by atoms with Crippen molar-refractivity contribution in [2.24, 2.45) is 5.92 Å². The molecule has 2 heterocycles. The van der Waals surface area contributed by atoms with Crippen LogP contribution in [-0.2, 0) is 11.0 Å². The molecule has 0 bridgehead atoms. The van der Waals surface area contributed by atoms with E-state index in [1.54, 1.807) is 19.9 Å². The number of anilines is 1. The van der Waals surface area contributed by atoms with Gasteiger partial charge >= 0.3 is 0 Å². The molecule has 6 nitrogen and oxygen atoms in total. The average Bonchev–Trinajstić information content (AvgIpc) is 3.15. The van der Waals surface area contributed by atoms with Crippen LogP contribution in [0.1, 0.15) is 95.0 Å². The summed E-state index contributed by atoms with van der Waals surface area (Å²) in [6.45, 7) is 12.0. The third-order valence-electron chi connectivity index (χ3n) is 6.68. The molecule has 33 heavy (non-hydrogen) atoms. The number of aliphatic hydroxyl groups is 1. The Labute approximate surface area is 196 Å². The smallest absolute Gasteiger partial charge is 0.274 e. The summed E-state index contributed by atoms with van der Waals surface area (Å²) in [6, 6.07) is 9.73. The van der Waals surface area contributed by atoms with Crippen molar-refractivity contribution >= 4 is 22.5 Å². The van der Waals surface area contributed by atoms with Gasteiger partial charge in [0.25, 0.3) is 5.91 Å². The molecule has 1 aliphatic carbocycles. The quantitative estimate of drug-likeness (QED) is 0.516. The minimum Gasteiger partial charge on any atom is -0.386 e. The van der Waals surface area contributed by atoms with Crippen LogP contribution >= 0.6 is 0 Å². The number of rotatable bonds is 4. The Balaban J connectivity index is 1.68. The molecule has 3 aromatic rings. The van der Waals surface area contributed by atoms with Crippen molar-refractivity contribution in [3.8, 4) is 0 Å². The summed E-state index contributed by atoms with van der Waals surface area (Å²) in [4.78, 5) is 17.7. The maximum Gasteiger partial charge on any atom is 0.274 e. The lowest BCUT2D eigenvalue weighted by Crippen LogP contribution is -2.22. The first-order chi connectivity index (χ1) is 15.4. The predicted molar refractivity (Wildman–Crippen MR) is 133 cm³/mol. The van der Waals surface area contributed by atoms with Gasteiger partial charge in [-0.2, -0.15) is 5.10 Å². The van der Waals surface area contributed by atoms with Gasteiger partial charge in [0.1, 0.15) is 5.69 Å². The fourth-order valence-electron chi connectivity index (χ4n) is 4.56. The number of carbonyl (C=O) groups excluding carboxylic acids is 1. The Morgan fingerprint density at radius 3 is 2.42 bits per heavy atom. The highest BCUT2D eigenvalue weighted by molar-refractivity contribution is 6.04. The minimum absolute atomic E-state index is 0.154. The van der Waals surface area contributed by atoms with Crippen molar-refractivity contribution in [2.45, 2.75) is 84.3 Å². The van der Waals surface area contributed by atoms with Crippen molar-refractivity contribution < 1.29 is 9.90 Å². The molecule has 0 atom stereocenters. The molecule has 0 aliphatic heterocycles. The molecular formula is C27H36N4O2. The summed E-state index contributed by atoms with van der Waals surface area (Å²) < 4.78 is 2.07. The molecule has 2 N–H and O–H groups in total. The first-order valence-electron chi connectivity index (χ1n) is 12.0. The number of nitrogens with zero attached hydrogens (tertiary/aromatic N) is 3. The van der Waals surface area contributed by atoms with Crippen molar-refractivity contribution in [3.05, 3.63) is 53.5 Å². The Morgan fingerprint density at radius 2 is 1.79 bits per heavy atom. The molecule has 6 heteroatoms. The number of aromatic nitrogens is 3. The van der Waals surface area contributed by atoms with Crippen molar-refractivity contribution in [1.29, 1.82) is 0 Å². The molecule has 4 rings (SSSR count). The van der Waals surface area contributed by atoms with Gasteiger partial charge < -0.3 is 10.4 Å². The number of pyridine rings is 1. The second-order valence-electron chi connectivity index (χ2n) is 11.2. The molecule has 1 fully saturated rings. The highest BCUT2D eigenvalue weighted by Gasteiger charge is 2.26. The molecule has 0 radical (unpaired) electrons. The van der Waals surface area contributed by atoms with Crippen molar-refractivity contribution in [1.82, 2.24) is 14.8 Å². The average molecular weight is 449 g/mol. The second kappa shape index (κ2) is 8.56. The van der Waals surface area contributed by atoms with Crippen LogP contribution in [0.2, 0.25) is 0 Å². The Morgan fingerprint density at radius 1 is 1.09 bits per heavy atom. The monoisotopic (exact) mass is 448 g/mol. The predicted octanol–water partition coefficient (Wildman–Crippen LogP) is 5.96. The summed E-state index contributed by atoms with van der Waals surface area (Å²) in [5.41, 5.74) is 1.97. The normalized spacial score (nSPS) is 19.6. The molecule has 0 saturated heterocycles. The van der Waals surface area contributed by atoms with E-state index in [1.807, 2.05) is 24.3 Å². The molecule has 1 saturated carbocycles. The van der Waals surface area contributed by atoms with E-state index >= 15 is 0 Å². The van der Waals surface area contributed by atoms with Crippen LogP contribution in [0, 0.1) is 5.92 Å². The lowest BCUT2D eigenvalue weighted by Gasteiger charge is -2.26. The maximum atomic E-state index is 13.1. The van der Waals surface area contributed by atoms with E-state index in [9.17, 15) is 9.90 Å². The maximum absolute atomic E-state index is 13.1. The molecule has 1 amide bonds. The van der Waals surface area contributed by atoms with Gasteiger partial charge in [-0.3, -0.25) is 9.48 Å². The van der Waals surface area contributed by atoms with E-state index in [2.05, 4.69) is 48.9 Å². The number of carbonyl (C=O) groups is 1. The number of fused-ring (bicyclic) bond motifs is 1. The van der Waals surface area contributed by atoms with Gasteiger partial charge in [-0.05, 0) is 69.7 Å². The van der Waals surface area contributed by atoms with E-state index < -0.39 is 5.60 Å². The second-order valence-corrected chi connectivity index (χ2v) is 11.2. The van der Waals surface area contributed by atoms with Crippen LogP contribution < -0.4 is 5.32 Å². The van der Waals surface area contributed by atoms with E-state index in [0.29, 0.717) is 23.0 Å². The summed E-state index contributed by atoms with van der Waals surface area (Å²) >= 11 is 0. The highest BCUT2D eigenvalue weighted by atomic mass is 16.3. The van der Waals surface area contributed by atoms with E-state index in [-0.39, 0.29) is 11.3 Å². The fourth-order valence-corrected chi connectivity index (χ4v) is 4.56. The van der Waals surface area contributed by atoms with Crippen LogP contribution in [-0.4, -0.2) is 25.8 Å². The molecule has 0 unspecified atom stereocenters. The highest BCUT2D eigenvalue weighted by Crippen LogP contribution is 2.35. The van der Waals surface area contributed by atoms with Gasteiger partial charge in [-0.15, -0.1) is 0 Å². The third-order valence-corrected chi connectivity index (χ3v) is 6.68. The SMILES string of the molecule is CC1CCC(n2cc3cc(NC(=O)c4cccc(C(C)(C)C)n4)c(C(C)(C)O)cc3n2)CC1. The van der Waals surface area contributed by atoms with Crippen molar-refractivity contribution in [3.63, 3.8) is 0 Å². The number of benzene rings is 1. The van der Waals surface area contributed by atoms with Gasteiger partial charge in [-0.25, -0.2) is 4.98 Å². The summed E-state index contributed by atoms with van der Waals surface area (Å²) in [6.07, 6.45) is 6.77. The molecule has 176 valence electrons. The fraction of sp³-hybridized carbons (Fsp3) is 0.519. The zero-order valence-corrected chi connectivity index (χ0v) is 20.6. The standard InChI is InChI=1S/C27H36N4O2/c1-17-10-12-19(13-11-17)31-16-18-14-23(20(27(5,6)33)15-22(18)30-31)29-25(32)21-8-7-9-24(28-21)26(2,3)4/h7-9,14-17,19,33H,10-13H2,1-6H3,(H,29,32).